The Hall–Kier alpha value is -1.08. The van der Waals surface area contributed by atoms with Crippen LogP contribution in [0.15, 0.2) is 29.8 Å². The number of benzene rings is 1. The first-order valence-electron chi connectivity index (χ1n) is 3.74. The fourth-order valence-corrected chi connectivity index (χ4v) is 1.46. The highest BCUT2D eigenvalue weighted by Gasteiger charge is 2.18. The minimum Gasteiger partial charge on any atom is -0.384 e. The molecule has 1 aliphatic rings. The Morgan fingerprint density at radius 1 is 1.27 bits per heavy atom. The predicted octanol–water partition coefficient (Wildman–Crippen LogP) is 2.14. The predicted molar refractivity (Wildman–Crippen MR) is 45.1 cm³/mol. The van der Waals surface area contributed by atoms with Crippen LogP contribution in [0.25, 0.3) is 6.08 Å². The lowest BCUT2D eigenvalue weighted by Crippen LogP contribution is -1.93. The third kappa shape index (κ3) is 0.889. The van der Waals surface area contributed by atoms with Gasteiger partial charge in [-0.15, -0.1) is 0 Å². The van der Waals surface area contributed by atoms with Crippen LogP contribution in [0, 0.1) is 0 Å². The van der Waals surface area contributed by atoms with Gasteiger partial charge in [0.2, 0.25) is 0 Å². The van der Waals surface area contributed by atoms with E-state index in [1.807, 2.05) is 37.3 Å². The summed E-state index contributed by atoms with van der Waals surface area (Å²) >= 11 is 0. The molecule has 1 aromatic rings. The van der Waals surface area contributed by atoms with Crippen LogP contribution in [-0.2, 0) is 0 Å². The van der Waals surface area contributed by atoms with E-state index < -0.39 is 0 Å². The Morgan fingerprint density at radius 3 is 2.73 bits per heavy atom. The summed E-state index contributed by atoms with van der Waals surface area (Å²) in [6, 6.07) is 7.93. The van der Waals surface area contributed by atoms with Crippen LogP contribution in [-0.4, -0.2) is 5.11 Å². The summed E-state index contributed by atoms with van der Waals surface area (Å²) in [6.45, 7) is 1.95. The molecule has 0 aliphatic heterocycles. The second kappa shape index (κ2) is 2.21. The fourth-order valence-electron chi connectivity index (χ4n) is 1.46. The molecule has 0 aromatic heterocycles. The number of fused-ring (bicyclic) bond motifs is 1. The SMILES string of the molecule is CC1=Cc2ccccc2[C@@H]1O. The molecule has 2 rings (SSSR count). The average molecular weight is 146 g/mol. The van der Waals surface area contributed by atoms with Crippen molar-refractivity contribution in [1.29, 1.82) is 0 Å². The Balaban J connectivity index is 2.58. The molecule has 56 valence electrons. The van der Waals surface area contributed by atoms with Gasteiger partial charge in [0.15, 0.2) is 0 Å². The third-order valence-corrected chi connectivity index (χ3v) is 2.11. The number of aliphatic hydroxyl groups is 1. The van der Waals surface area contributed by atoms with Crippen LogP contribution in [0.4, 0.5) is 0 Å². The van der Waals surface area contributed by atoms with Crippen LogP contribution in [0.2, 0.25) is 0 Å². The van der Waals surface area contributed by atoms with Gasteiger partial charge in [0, 0.05) is 0 Å². The van der Waals surface area contributed by atoms with E-state index in [1.54, 1.807) is 0 Å². The van der Waals surface area contributed by atoms with Gasteiger partial charge >= 0.3 is 0 Å². The van der Waals surface area contributed by atoms with Crippen molar-refractivity contribution in [2.75, 3.05) is 0 Å². The Labute approximate surface area is 66.0 Å². The summed E-state index contributed by atoms with van der Waals surface area (Å²) in [6.07, 6.45) is 1.66. The van der Waals surface area contributed by atoms with Crippen molar-refractivity contribution in [3.8, 4) is 0 Å². The first kappa shape index (κ1) is 6.62. The summed E-state index contributed by atoms with van der Waals surface area (Å²) in [5.74, 6) is 0. The highest BCUT2D eigenvalue weighted by molar-refractivity contribution is 5.64. The van der Waals surface area contributed by atoms with Crippen LogP contribution < -0.4 is 0 Å². The molecular formula is C10H10O. The maximum atomic E-state index is 9.58. The van der Waals surface area contributed by atoms with Crippen molar-refractivity contribution in [3.63, 3.8) is 0 Å². The van der Waals surface area contributed by atoms with Crippen molar-refractivity contribution in [2.24, 2.45) is 0 Å². The van der Waals surface area contributed by atoms with E-state index in [2.05, 4.69) is 0 Å². The monoisotopic (exact) mass is 146 g/mol. The minimum absolute atomic E-state index is 0.369. The van der Waals surface area contributed by atoms with Gasteiger partial charge in [-0.25, -0.2) is 0 Å². The summed E-state index contributed by atoms with van der Waals surface area (Å²) in [5.41, 5.74) is 3.22. The van der Waals surface area contributed by atoms with Crippen molar-refractivity contribution >= 4 is 6.08 Å². The van der Waals surface area contributed by atoms with Crippen LogP contribution in [0.3, 0.4) is 0 Å². The van der Waals surface area contributed by atoms with Gasteiger partial charge < -0.3 is 5.11 Å². The fraction of sp³-hybridized carbons (Fsp3) is 0.200. The van der Waals surface area contributed by atoms with Crippen molar-refractivity contribution < 1.29 is 5.11 Å². The highest BCUT2D eigenvalue weighted by atomic mass is 16.3. The molecule has 1 N–H and O–H groups in total. The highest BCUT2D eigenvalue weighted by Crippen LogP contribution is 2.32. The maximum Gasteiger partial charge on any atom is 0.101 e. The molecule has 0 saturated heterocycles. The summed E-state index contributed by atoms with van der Waals surface area (Å²) in [5, 5.41) is 9.58. The Morgan fingerprint density at radius 2 is 2.00 bits per heavy atom. The van der Waals surface area contributed by atoms with Crippen molar-refractivity contribution in [1.82, 2.24) is 0 Å². The van der Waals surface area contributed by atoms with E-state index in [0.29, 0.717) is 0 Å². The molecule has 0 amide bonds. The van der Waals surface area contributed by atoms with E-state index in [9.17, 15) is 5.11 Å². The van der Waals surface area contributed by atoms with Crippen molar-refractivity contribution in [3.05, 3.63) is 41.0 Å². The summed E-state index contributed by atoms with van der Waals surface area (Å²) in [4.78, 5) is 0. The zero-order valence-corrected chi connectivity index (χ0v) is 6.41. The standard InChI is InChI=1S/C10H10O/c1-7-6-8-4-2-3-5-9(8)10(7)11/h2-6,10-11H,1H3/t10-/m1/s1. The normalized spacial score (nSPS) is 21.3. The van der Waals surface area contributed by atoms with Gasteiger partial charge in [-0.1, -0.05) is 30.3 Å². The molecule has 1 atom stereocenters. The number of aliphatic hydroxyl groups excluding tert-OH is 1. The smallest absolute Gasteiger partial charge is 0.101 e. The topological polar surface area (TPSA) is 20.2 Å². The van der Waals surface area contributed by atoms with Gasteiger partial charge in [0.05, 0.1) is 0 Å². The maximum absolute atomic E-state index is 9.58. The van der Waals surface area contributed by atoms with E-state index in [0.717, 1.165) is 16.7 Å². The average Bonchev–Trinajstić information content (AvgIpc) is 2.30. The first-order chi connectivity index (χ1) is 5.29. The van der Waals surface area contributed by atoms with E-state index in [1.165, 1.54) is 0 Å². The summed E-state index contributed by atoms with van der Waals surface area (Å²) < 4.78 is 0. The molecule has 0 saturated carbocycles. The van der Waals surface area contributed by atoms with Crippen LogP contribution >= 0.6 is 0 Å². The van der Waals surface area contributed by atoms with Gasteiger partial charge in [-0.05, 0) is 23.6 Å². The molecule has 0 fully saturated rings. The third-order valence-electron chi connectivity index (χ3n) is 2.11. The zero-order valence-electron chi connectivity index (χ0n) is 6.41. The van der Waals surface area contributed by atoms with E-state index >= 15 is 0 Å². The van der Waals surface area contributed by atoms with Crippen LogP contribution in [0.5, 0.6) is 0 Å². The molecule has 0 unspecified atom stereocenters. The quantitative estimate of drug-likeness (QED) is 0.594. The minimum atomic E-state index is -0.369. The molecule has 11 heavy (non-hydrogen) atoms. The van der Waals surface area contributed by atoms with Gasteiger partial charge in [0.25, 0.3) is 0 Å². The van der Waals surface area contributed by atoms with E-state index in [4.69, 9.17) is 0 Å². The van der Waals surface area contributed by atoms with Gasteiger partial charge in [-0.3, -0.25) is 0 Å². The second-order valence-corrected chi connectivity index (χ2v) is 2.92. The lowest BCUT2D eigenvalue weighted by atomic mass is 10.1. The number of hydrogen-bond donors (Lipinski definition) is 1. The Bertz CT molecular complexity index is 312. The molecule has 1 aliphatic carbocycles. The number of rotatable bonds is 0. The van der Waals surface area contributed by atoms with Crippen molar-refractivity contribution in [2.45, 2.75) is 13.0 Å². The second-order valence-electron chi connectivity index (χ2n) is 2.92. The van der Waals surface area contributed by atoms with Gasteiger partial charge in [-0.2, -0.15) is 0 Å². The molecule has 0 spiro atoms. The summed E-state index contributed by atoms with van der Waals surface area (Å²) in [7, 11) is 0. The molecule has 1 heteroatoms. The molecule has 1 nitrogen and oxygen atoms in total. The molecule has 1 aromatic carbocycles. The first-order valence-corrected chi connectivity index (χ1v) is 3.74. The lowest BCUT2D eigenvalue weighted by Gasteiger charge is -2.04. The van der Waals surface area contributed by atoms with E-state index in [-0.39, 0.29) is 6.10 Å². The molecule has 0 heterocycles. The van der Waals surface area contributed by atoms with Gasteiger partial charge in [0.1, 0.15) is 6.10 Å². The molecule has 0 radical (unpaired) electrons. The Kier molecular flexibility index (Phi) is 1.33. The number of hydrogen-bond acceptors (Lipinski definition) is 1. The largest absolute Gasteiger partial charge is 0.384 e. The zero-order chi connectivity index (χ0) is 7.84. The van der Waals surface area contributed by atoms with Crippen LogP contribution in [0.1, 0.15) is 24.2 Å². The molecule has 0 bridgehead atoms. The lowest BCUT2D eigenvalue weighted by molar-refractivity contribution is 0.220. The molecular weight excluding hydrogens is 136 g/mol.